The summed E-state index contributed by atoms with van der Waals surface area (Å²) in [5.74, 6) is -1.21. The molecule has 4 rings (SSSR count). The average Bonchev–Trinajstić information content (AvgIpc) is 3.18. The van der Waals surface area contributed by atoms with E-state index >= 15 is 0 Å². The van der Waals surface area contributed by atoms with Crippen LogP contribution in [0.5, 0.6) is 0 Å². The van der Waals surface area contributed by atoms with Crippen LogP contribution in [0.2, 0.25) is 0 Å². The number of ether oxygens (including phenoxy) is 1. The molecule has 4 aromatic rings. The quantitative estimate of drug-likeness (QED) is 0.370. The zero-order chi connectivity index (χ0) is 23.4. The highest BCUT2D eigenvalue weighted by Gasteiger charge is 2.16. The van der Waals surface area contributed by atoms with Crippen LogP contribution < -0.4 is 10.0 Å². The maximum Gasteiger partial charge on any atom is 0.307 e. The largest absolute Gasteiger partial charge is 0.456 e. The molecule has 0 radical (unpaired) electrons. The van der Waals surface area contributed by atoms with Crippen LogP contribution in [0.4, 0.5) is 5.13 Å². The van der Waals surface area contributed by atoms with E-state index in [2.05, 4.69) is 15.0 Å². The van der Waals surface area contributed by atoms with Gasteiger partial charge in [-0.05, 0) is 47.5 Å². The summed E-state index contributed by atoms with van der Waals surface area (Å²) in [6.07, 6.45) is -0.208. The van der Waals surface area contributed by atoms with Crippen molar-refractivity contribution in [3.8, 4) is 0 Å². The number of carbonyl (C=O) groups excluding carboxylic acids is 2. The van der Waals surface area contributed by atoms with E-state index in [1.807, 2.05) is 49.4 Å². The Balaban J connectivity index is 1.24. The highest BCUT2D eigenvalue weighted by molar-refractivity contribution is 7.89. The Bertz CT molecular complexity index is 1450. The summed E-state index contributed by atoms with van der Waals surface area (Å²) in [5, 5.41) is 4.75. The first-order chi connectivity index (χ1) is 15.8. The summed E-state index contributed by atoms with van der Waals surface area (Å²) in [6.45, 7) is 1.34. The van der Waals surface area contributed by atoms with Gasteiger partial charge in [0.05, 0.1) is 21.5 Å². The predicted molar refractivity (Wildman–Crippen MR) is 128 cm³/mol. The van der Waals surface area contributed by atoms with Crippen molar-refractivity contribution in [2.45, 2.75) is 18.2 Å². The van der Waals surface area contributed by atoms with Gasteiger partial charge in [-0.1, -0.05) is 47.7 Å². The van der Waals surface area contributed by atoms with E-state index < -0.39 is 28.5 Å². The van der Waals surface area contributed by atoms with Crippen molar-refractivity contribution < 1.29 is 22.7 Å². The maximum absolute atomic E-state index is 12.5. The molecule has 0 aliphatic heterocycles. The summed E-state index contributed by atoms with van der Waals surface area (Å²) in [4.78, 5) is 28.4. The molecule has 0 spiro atoms. The second-order valence-electron chi connectivity index (χ2n) is 7.36. The fraction of sp³-hybridized carbons (Fsp3) is 0.174. The fourth-order valence-corrected chi connectivity index (χ4v) is 5.21. The Morgan fingerprint density at radius 3 is 2.64 bits per heavy atom. The molecule has 10 heteroatoms. The number of carbonyl (C=O) groups is 2. The number of aromatic nitrogens is 1. The molecule has 0 fully saturated rings. The van der Waals surface area contributed by atoms with Gasteiger partial charge in [0, 0.05) is 6.54 Å². The lowest BCUT2D eigenvalue weighted by Crippen LogP contribution is -2.28. The minimum atomic E-state index is -3.78. The number of hydrogen-bond donors (Lipinski definition) is 2. The molecule has 2 N–H and O–H groups in total. The van der Waals surface area contributed by atoms with Gasteiger partial charge in [-0.3, -0.25) is 14.9 Å². The third-order valence-electron chi connectivity index (χ3n) is 4.81. The first-order valence-corrected chi connectivity index (χ1v) is 12.4. The van der Waals surface area contributed by atoms with E-state index in [1.54, 1.807) is 12.1 Å². The van der Waals surface area contributed by atoms with Crippen molar-refractivity contribution in [3.05, 3.63) is 66.2 Å². The van der Waals surface area contributed by atoms with Crippen molar-refractivity contribution >= 4 is 59.4 Å². The fourth-order valence-electron chi connectivity index (χ4n) is 3.16. The Morgan fingerprint density at radius 1 is 1.03 bits per heavy atom. The van der Waals surface area contributed by atoms with Crippen LogP contribution in [0.25, 0.3) is 21.0 Å². The number of fused-ring (bicyclic) bond motifs is 2. The minimum absolute atomic E-state index is 0.111. The topological polar surface area (TPSA) is 114 Å². The summed E-state index contributed by atoms with van der Waals surface area (Å²) < 4.78 is 33.2. The first kappa shape index (κ1) is 22.8. The van der Waals surface area contributed by atoms with Crippen molar-refractivity contribution in [2.24, 2.45) is 0 Å². The van der Waals surface area contributed by atoms with Gasteiger partial charge in [0.2, 0.25) is 10.0 Å². The highest BCUT2D eigenvalue weighted by atomic mass is 32.2. The second kappa shape index (κ2) is 9.65. The minimum Gasteiger partial charge on any atom is -0.456 e. The lowest BCUT2D eigenvalue weighted by molar-refractivity contribution is -0.147. The third kappa shape index (κ3) is 5.72. The Hall–Kier alpha value is -3.34. The SMILES string of the molecule is Cc1ccc2nc(NC(=O)COC(=O)CCNS(=O)(=O)c3ccc4ccccc4c3)sc2c1. The van der Waals surface area contributed by atoms with Crippen LogP contribution in [0, 0.1) is 6.92 Å². The van der Waals surface area contributed by atoms with Crippen LogP contribution in [-0.2, 0) is 24.3 Å². The van der Waals surface area contributed by atoms with Gasteiger partial charge in [-0.15, -0.1) is 0 Å². The van der Waals surface area contributed by atoms with E-state index in [0.717, 1.165) is 26.6 Å². The summed E-state index contributed by atoms with van der Waals surface area (Å²) >= 11 is 1.33. The van der Waals surface area contributed by atoms with Crippen LogP contribution in [-0.4, -0.2) is 38.4 Å². The van der Waals surface area contributed by atoms with Crippen LogP contribution in [0.3, 0.4) is 0 Å². The molecular formula is C23H21N3O5S2. The normalized spacial score (nSPS) is 11.5. The number of benzene rings is 3. The molecule has 1 heterocycles. The number of thiazole rings is 1. The van der Waals surface area contributed by atoms with Crippen molar-refractivity contribution in [1.82, 2.24) is 9.71 Å². The molecule has 0 aliphatic rings. The summed E-state index contributed by atoms with van der Waals surface area (Å²) in [6, 6.07) is 18.0. The lowest BCUT2D eigenvalue weighted by Gasteiger charge is -2.08. The van der Waals surface area contributed by atoms with Gasteiger partial charge >= 0.3 is 5.97 Å². The summed E-state index contributed by atoms with van der Waals surface area (Å²) in [7, 11) is -3.78. The zero-order valence-electron chi connectivity index (χ0n) is 17.7. The maximum atomic E-state index is 12.5. The number of nitrogens with zero attached hydrogens (tertiary/aromatic N) is 1. The molecule has 0 unspecified atom stereocenters. The van der Waals surface area contributed by atoms with Gasteiger partial charge < -0.3 is 4.74 Å². The molecule has 0 atom stereocenters. The first-order valence-electron chi connectivity index (χ1n) is 10.1. The zero-order valence-corrected chi connectivity index (χ0v) is 19.3. The number of sulfonamides is 1. The Kier molecular flexibility index (Phi) is 6.68. The van der Waals surface area contributed by atoms with Crippen LogP contribution >= 0.6 is 11.3 Å². The average molecular weight is 484 g/mol. The molecule has 3 aromatic carbocycles. The number of anilines is 1. The number of rotatable bonds is 8. The molecule has 0 saturated heterocycles. The smallest absolute Gasteiger partial charge is 0.307 e. The molecule has 0 bridgehead atoms. The van der Waals surface area contributed by atoms with E-state index in [9.17, 15) is 18.0 Å². The Labute approximate surface area is 194 Å². The molecule has 170 valence electrons. The van der Waals surface area contributed by atoms with Crippen molar-refractivity contribution in [1.29, 1.82) is 0 Å². The standard InChI is InChI=1S/C23H21N3O5S2/c1-15-6-9-19-20(12-15)32-23(25-19)26-21(27)14-31-22(28)10-11-24-33(29,30)18-8-7-16-4-2-3-5-17(16)13-18/h2-9,12-13,24H,10-11,14H2,1H3,(H,25,26,27). The van der Waals surface area contributed by atoms with Crippen molar-refractivity contribution in [3.63, 3.8) is 0 Å². The molecule has 8 nitrogen and oxygen atoms in total. The molecule has 0 aliphatic carbocycles. The number of amides is 1. The predicted octanol–water partition coefficient (Wildman–Crippen LogP) is 3.61. The molecule has 1 aromatic heterocycles. The van der Waals surface area contributed by atoms with Gasteiger partial charge in [0.1, 0.15) is 0 Å². The molecule has 0 saturated carbocycles. The third-order valence-corrected chi connectivity index (χ3v) is 7.20. The monoisotopic (exact) mass is 483 g/mol. The number of aryl methyl sites for hydroxylation is 1. The second-order valence-corrected chi connectivity index (χ2v) is 10.2. The van der Waals surface area contributed by atoms with Gasteiger partial charge in [-0.25, -0.2) is 18.1 Å². The lowest BCUT2D eigenvalue weighted by atomic mass is 10.1. The van der Waals surface area contributed by atoms with E-state index in [4.69, 9.17) is 4.74 Å². The van der Waals surface area contributed by atoms with E-state index in [1.165, 1.54) is 17.4 Å². The Morgan fingerprint density at radius 2 is 1.82 bits per heavy atom. The molecule has 1 amide bonds. The molecule has 33 heavy (non-hydrogen) atoms. The van der Waals surface area contributed by atoms with Gasteiger partial charge in [0.25, 0.3) is 5.91 Å². The van der Waals surface area contributed by atoms with Crippen molar-refractivity contribution in [2.75, 3.05) is 18.5 Å². The van der Waals surface area contributed by atoms with E-state index in [0.29, 0.717) is 5.13 Å². The highest BCUT2D eigenvalue weighted by Crippen LogP contribution is 2.26. The van der Waals surface area contributed by atoms with Crippen LogP contribution in [0.15, 0.2) is 65.6 Å². The number of nitrogens with one attached hydrogen (secondary N) is 2. The number of hydrogen-bond acceptors (Lipinski definition) is 7. The summed E-state index contributed by atoms with van der Waals surface area (Å²) in [5.41, 5.74) is 1.87. The van der Waals surface area contributed by atoms with E-state index in [-0.39, 0.29) is 17.9 Å². The van der Waals surface area contributed by atoms with Crippen LogP contribution in [0.1, 0.15) is 12.0 Å². The number of esters is 1. The molecular weight excluding hydrogens is 462 g/mol. The van der Waals surface area contributed by atoms with Gasteiger partial charge in [-0.2, -0.15) is 0 Å². The van der Waals surface area contributed by atoms with Gasteiger partial charge in [0.15, 0.2) is 11.7 Å².